The van der Waals surface area contributed by atoms with E-state index in [1.807, 2.05) is 18.4 Å². The SMILES string of the molecule is COC1(C(N)Cc2csc3ccccc23)CCCC1. The number of rotatable bonds is 4. The van der Waals surface area contributed by atoms with E-state index in [0.717, 1.165) is 19.3 Å². The molecule has 0 aliphatic heterocycles. The Kier molecular flexibility index (Phi) is 3.61. The van der Waals surface area contributed by atoms with Crippen molar-refractivity contribution in [3.8, 4) is 0 Å². The van der Waals surface area contributed by atoms with Gasteiger partial charge in [-0.15, -0.1) is 11.3 Å². The second-order valence-corrected chi connectivity index (χ2v) is 6.45. The van der Waals surface area contributed by atoms with Crippen LogP contribution >= 0.6 is 11.3 Å². The number of ether oxygens (including phenoxy) is 1. The molecule has 1 aliphatic carbocycles. The Labute approximate surface area is 118 Å². The molecule has 102 valence electrons. The van der Waals surface area contributed by atoms with Gasteiger partial charge in [-0.1, -0.05) is 31.0 Å². The molecule has 2 aromatic rings. The zero-order chi connectivity index (χ0) is 13.3. The molecule has 0 amide bonds. The zero-order valence-corrected chi connectivity index (χ0v) is 12.2. The van der Waals surface area contributed by atoms with E-state index < -0.39 is 0 Å². The first-order chi connectivity index (χ1) is 9.25. The Morgan fingerprint density at radius 1 is 1.32 bits per heavy atom. The van der Waals surface area contributed by atoms with Gasteiger partial charge in [-0.3, -0.25) is 0 Å². The van der Waals surface area contributed by atoms with E-state index in [1.165, 1.54) is 28.5 Å². The summed E-state index contributed by atoms with van der Waals surface area (Å²) in [5.74, 6) is 0. The van der Waals surface area contributed by atoms with Gasteiger partial charge < -0.3 is 10.5 Å². The van der Waals surface area contributed by atoms with Crippen molar-refractivity contribution in [1.29, 1.82) is 0 Å². The van der Waals surface area contributed by atoms with Crippen molar-refractivity contribution in [2.24, 2.45) is 5.73 Å². The van der Waals surface area contributed by atoms with Crippen molar-refractivity contribution in [3.05, 3.63) is 35.2 Å². The van der Waals surface area contributed by atoms with E-state index in [1.54, 1.807) is 0 Å². The molecule has 0 spiro atoms. The van der Waals surface area contributed by atoms with Crippen molar-refractivity contribution in [2.75, 3.05) is 7.11 Å². The number of hydrogen-bond acceptors (Lipinski definition) is 3. The molecule has 1 unspecified atom stereocenters. The first-order valence-electron chi connectivity index (χ1n) is 7.01. The number of benzene rings is 1. The van der Waals surface area contributed by atoms with Crippen LogP contribution < -0.4 is 5.73 Å². The van der Waals surface area contributed by atoms with Crippen LogP contribution in [0, 0.1) is 0 Å². The highest BCUT2D eigenvalue weighted by Gasteiger charge is 2.39. The first kappa shape index (κ1) is 13.1. The summed E-state index contributed by atoms with van der Waals surface area (Å²) in [5.41, 5.74) is 7.76. The standard InChI is InChI=1S/C16H21NOS/c1-18-16(8-4-5-9-16)15(17)10-12-11-19-14-7-3-2-6-13(12)14/h2-3,6-7,11,15H,4-5,8-10,17H2,1H3. The molecule has 0 bridgehead atoms. The minimum absolute atomic E-state index is 0.0942. The third kappa shape index (κ3) is 2.31. The summed E-state index contributed by atoms with van der Waals surface area (Å²) in [4.78, 5) is 0. The second-order valence-electron chi connectivity index (χ2n) is 5.54. The van der Waals surface area contributed by atoms with Crippen LogP contribution in [0.15, 0.2) is 29.6 Å². The van der Waals surface area contributed by atoms with Crippen LogP contribution in [0.4, 0.5) is 0 Å². The number of methoxy groups -OCH3 is 1. The summed E-state index contributed by atoms with van der Waals surface area (Å²) in [6, 6.07) is 8.67. The summed E-state index contributed by atoms with van der Waals surface area (Å²) >= 11 is 1.81. The summed E-state index contributed by atoms with van der Waals surface area (Å²) in [6.45, 7) is 0. The number of nitrogens with two attached hydrogens (primary N) is 1. The van der Waals surface area contributed by atoms with E-state index >= 15 is 0 Å². The molecule has 19 heavy (non-hydrogen) atoms. The highest BCUT2D eigenvalue weighted by molar-refractivity contribution is 7.17. The van der Waals surface area contributed by atoms with Gasteiger partial charge in [0.15, 0.2) is 0 Å². The molecule has 3 heteroatoms. The average molecular weight is 275 g/mol. The van der Waals surface area contributed by atoms with E-state index in [2.05, 4.69) is 29.6 Å². The molecular formula is C16H21NOS. The predicted molar refractivity (Wildman–Crippen MR) is 81.7 cm³/mol. The molecule has 0 saturated heterocycles. The van der Waals surface area contributed by atoms with E-state index in [9.17, 15) is 0 Å². The van der Waals surface area contributed by atoms with Gasteiger partial charge in [-0.05, 0) is 41.7 Å². The predicted octanol–water partition coefficient (Wildman–Crippen LogP) is 3.73. The lowest BCUT2D eigenvalue weighted by Crippen LogP contribution is -2.48. The van der Waals surface area contributed by atoms with Gasteiger partial charge in [0, 0.05) is 17.9 Å². The van der Waals surface area contributed by atoms with Crippen LogP contribution in [0.1, 0.15) is 31.2 Å². The molecule has 1 aliphatic rings. The molecule has 1 heterocycles. The summed E-state index contributed by atoms with van der Waals surface area (Å²) in [6.07, 6.45) is 5.61. The number of fused-ring (bicyclic) bond motifs is 1. The minimum Gasteiger partial charge on any atom is -0.377 e. The topological polar surface area (TPSA) is 35.2 Å². The Hall–Kier alpha value is -0.900. The third-order valence-electron chi connectivity index (χ3n) is 4.53. The van der Waals surface area contributed by atoms with Gasteiger partial charge in [0.2, 0.25) is 0 Å². The van der Waals surface area contributed by atoms with Crippen molar-refractivity contribution >= 4 is 21.4 Å². The van der Waals surface area contributed by atoms with Gasteiger partial charge in [-0.2, -0.15) is 0 Å². The highest BCUT2D eigenvalue weighted by atomic mass is 32.1. The van der Waals surface area contributed by atoms with Crippen molar-refractivity contribution < 1.29 is 4.74 Å². The van der Waals surface area contributed by atoms with Crippen LogP contribution in [-0.4, -0.2) is 18.8 Å². The molecular weight excluding hydrogens is 254 g/mol. The van der Waals surface area contributed by atoms with E-state index in [-0.39, 0.29) is 11.6 Å². The molecule has 1 aromatic carbocycles. The zero-order valence-electron chi connectivity index (χ0n) is 11.4. The van der Waals surface area contributed by atoms with Crippen molar-refractivity contribution in [1.82, 2.24) is 0 Å². The van der Waals surface area contributed by atoms with Crippen LogP contribution in [0.5, 0.6) is 0 Å². The molecule has 3 rings (SSSR count). The fourth-order valence-corrected chi connectivity index (χ4v) is 4.29. The molecule has 1 saturated carbocycles. The Morgan fingerprint density at radius 3 is 2.79 bits per heavy atom. The van der Waals surface area contributed by atoms with Gasteiger partial charge >= 0.3 is 0 Å². The maximum Gasteiger partial charge on any atom is 0.0832 e. The average Bonchev–Trinajstić information content (AvgIpc) is 3.07. The maximum absolute atomic E-state index is 6.49. The molecule has 1 aromatic heterocycles. The van der Waals surface area contributed by atoms with E-state index in [4.69, 9.17) is 10.5 Å². The molecule has 2 N–H and O–H groups in total. The van der Waals surface area contributed by atoms with Crippen molar-refractivity contribution in [3.63, 3.8) is 0 Å². The Balaban J connectivity index is 1.84. The lowest BCUT2D eigenvalue weighted by molar-refractivity contribution is -0.0252. The lowest BCUT2D eigenvalue weighted by atomic mass is 9.88. The third-order valence-corrected chi connectivity index (χ3v) is 5.55. The number of thiophene rings is 1. The minimum atomic E-state index is -0.0942. The lowest BCUT2D eigenvalue weighted by Gasteiger charge is -2.34. The molecule has 1 atom stereocenters. The monoisotopic (exact) mass is 275 g/mol. The fourth-order valence-electron chi connectivity index (χ4n) is 3.31. The summed E-state index contributed by atoms with van der Waals surface area (Å²) in [7, 11) is 1.82. The molecule has 1 fully saturated rings. The first-order valence-corrected chi connectivity index (χ1v) is 7.89. The quantitative estimate of drug-likeness (QED) is 0.922. The summed E-state index contributed by atoms with van der Waals surface area (Å²) < 4.78 is 7.15. The normalized spacial score (nSPS) is 19.9. The number of hydrogen-bond donors (Lipinski definition) is 1. The summed E-state index contributed by atoms with van der Waals surface area (Å²) in [5, 5.41) is 3.61. The molecule has 2 nitrogen and oxygen atoms in total. The van der Waals surface area contributed by atoms with Gasteiger partial charge in [0.25, 0.3) is 0 Å². The van der Waals surface area contributed by atoms with Crippen LogP contribution in [0.2, 0.25) is 0 Å². The fraction of sp³-hybridized carbons (Fsp3) is 0.500. The smallest absolute Gasteiger partial charge is 0.0832 e. The van der Waals surface area contributed by atoms with Crippen LogP contribution in [0.3, 0.4) is 0 Å². The maximum atomic E-state index is 6.49. The highest BCUT2D eigenvalue weighted by Crippen LogP contribution is 2.37. The molecule has 0 radical (unpaired) electrons. The van der Waals surface area contributed by atoms with Crippen molar-refractivity contribution in [2.45, 2.75) is 43.7 Å². The Bertz CT molecular complexity index is 557. The van der Waals surface area contributed by atoms with Gasteiger partial charge in [0.1, 0.15) is 0 Å². The largest absolute Gasteiger partial charge is 0.377 e. The van der Waals surface area contributed by atoms with E-state index in [0.29, 0.717) is 0 Å². The van der Waals surface area contributed by atoms with Crippen LogP contribution in [-0.2, 0) is 11.2 Å². The van der Waals surface area contributed by atoms with Crippen LogP contribution in [0.25, 0.3) is 10.1 Å². The Morgan fingerprint density at radius 2 is 2.05 bits per heavy atom. The van der Waals surface area contributed by atoms with Gasteiger partial charge in [0.05, 0.1) is 5.60 Å². The van der Waals surface area contributed by atoms with Gasteiger partial charge in [-0.25, -0.2) is 0 Å². The second kappa shape index (κ2) is 5.23.